The third-order valence-electron chi connectivity index (χ3n) is 5.33. The van der Waals surface area contributed by atoms with Gasteiger partial charge in [-0.15, -0.1) is 0 Å². The van der Waals surface area contributed by atoms with Gasteiger partial charge in [-0.05, 0) is 32.1 Å². The van der Waals surface area contributed by atoms with Gasteiger partial charge in [0.2, 0.25) is 11.8 Å². The van der Waals surface area contributed by atoms with Crippen molar-refractivity contribution in [2.24, 2.45) is 11.8 Å². The van der Waals surface area contributed by atoms with Crippen LogP contribution in [0, 0.1) is 11.8 Å². The third kappa shape index (κ3) is 4.47. The predicted molar refractivity (Wildman–Crippen MR) is 88.4 cm³/mol. The lowest BCUT2D eigenvalue weighted by Crippen LogP contribution is -2.45. The molecule has 1 aliphatic heterocycles. The quantitative estimate of drug-likeness (QED) is 0.783. The molecule has 1 saturated carbocycles. The van der Waals surface area contributed by atoms with Crippen LogP contribution in [0.3, 0.4) is 0 Å². The fraction of sp³-hybridized carbons (Fsp3) is 0.889. The highest BCUT2D eigenvalue weighted by molar-refractivity contribution is 5.81. The average molecular weight is 308 g/mol. The van der Waals surface area contributed by atoms with Gasteiger partial charge < -0.3 is 9.80 Å². The topological polar surface area (TPSA) is 40.6 Å². The van der Waals surface area contributed by atoms with E-state index in [2.05, 4.69) is 6.92 Å². The number of nitrogens with zero attached hydrogens (tertiary/aromatic N) is 2. The number of piperidine rings is 1. The molecule has 0 N–H and O–H groups in total. The Morgan fingerprint density at radius 1 is 1.00 bits per heavy atom. The summed E-state index contributed by atoms with van der Waals surface area (Å²) >= 11 is 0. The Bertz CT molecular complexity index is 369. The summed E-state index contributed by atoms with van der Waals surface area (Å²) in [6, 6.07) is 0. The first-order valence-corrected chi connectivity index (χ1v) is 9.17. The number of carbonyl (C=O) groups excluding carboxylic acids is 2. The fourth-order valence-electron chi connectivity index (χ4n) is 3.77. The SMILES string of the molecule is CCCCN(C)C(=O)C1CCN(C(=O)C2CCCCC2)CC1. The Labute approximate surface area is 135 Å². The highest BCUT2D eigenvalue weighted by atomic mass is 16.2. The van der Waals surface area contributed by atoms with Crippen LogP contribution in [0.5, 0.6) is 0 Å². The van der Waals surface area contributed by atoms with Crippen molar-refractivity contribution in [3.05, 3.63) is 0 Å². The molecule has 0 radical (unpaired) electrons. The predicted octanol–water partition coefficient (Wildman–Crippen LogP) is 3.06. The molecule has 1 aliphatic carbocycles. The maximum Gasteiger partial charge on any atom is 0.225 e. The normalized spacial score (nSPS) is 20.9. The molecule has 2 amide bonds. The summed E-state index contributed by atoms with van der Waals surface area (Å²) in [5, 5.41) is 0. The maximum atomic E-state index is 12.5. The summed E-state index contributed by atoms with van der Waals surface area (Å²) in [5.41, 5.74) is 0. The molecule has 4 heteroatoms. The second-order valence-electron chi connectivity index (χ2n) is 7.05. The molecule has 0 aromatic carbocycles. The van der Waals surface area contributed by atoms with Crippen LogP contribution in [-0.2, 0) is 9.59 Å². The van der Waals surface area contributed by atoms with Gasteiger partial charge in [0.1, 0.15) is 0 Å². The van der Waals surface area contributed by atoms with Crippen molar-refractivity contribution in [2.75, 3.05) is 26.7 Å². The Morgan fingerprint density at radius 3 is 2.23 bits per heavy atom. The Balaban J connectivity index is 1.77. The van der Waals surface area contributed by atoms with E-state index in [4.69, 9.17) is 0 Å². The Morgan fingerprint density at radius 2 is 1.64 bits per heavy atom. The van der Waals surface area contributed by atoms with Crippen LogP contribution in [0.15, 0.2) is 0 Å². The van der Waals surface area contributed by atoms with Crippen LogP contribution in [0.1, 0.15) is 64.7 Å². The molecule has 2 rings (SSSR count). The second kappa shape index (κ2) is 8.54. The monoisotopic (exact) mass is 308 g/mol. The van der Waals surface area contributed by atoms with E-state index in [-0.39, 0.29) is 17.7 Å². The van der Waals surface area contributed by atoms with Crippen LogP contribution < -0.4 is 0 Å². The largest absolute Gasteiger partial charge is 0.346 e. The molecule has 1 heterocycles. The van der Waals surface area contributed by atoms with E-state index in [1.165, 1.54) is 19.3 Å². The van der Waals surface area contributed by atoms with Gasteiger partial charge in [0.25, 0.3) is 0 Å². The Kier molecular flexibility index (Phi) is 6.71. The number of hydrogen-bond donors (Lipinski definition) is 0. The molecule has 0 aromatic rings. The zero-order valence-electron chi connectivity index (χ0n) is 14.4. The van der Waals surface area contributed by atoms with E-state index < -0.39 is 0 Å². The second-order valence-corrected chi connectivity index (χ2v) is 7.05. The van der Waals surface area contributed by atoms with Crippen LogP contribution in [0.4, 0.5) is 0 Å². The fourth-order valence-corrected chi connectivity index (χ4v) is 3.77. The maximum absolute atomic E-state index is 12.5. The van der Waals surface area contributed by atoms with E-state index in [9.17, 15) is 9.59 Å². The lowest BCUT2D eigenvalue weighted by molar-refractivity contribution is -0.142. The van der Waals surface area contributed by atoms with Gasteiger partial charge in [-0.1, -0.05) is 32.6 Å². The number of rotatable bonds is 5. The summed E-state index contributed by atoms with van der Waals surface area (Å²) < 4.78 is 0. The number of likely N-dealkylation sites (tertiary alicyclic amines) is 1. The summed E-state index contributed by atoms with van der Waals surface area (Å²) in [4.78, 5) is 28.8. The van der Waals surface area contributed by atoms with E-state index in [1.54, 1.807) is 0 Å². The minimum absolute atomic E-state index is 0.122. The van der Waals surface area contributed by atoms with Crippen LogP contribution in [0.25, 0.3) is 0 Å². The molecule has 0 unspecified atom stereocenters. The first-order chi connectivity index (χ1) is 10.6. The van der Waals surface area contributed by atoms with E-state index >= 15 is 0 Å². The third-order valence-corrected chi connectivity index (χ3v) is 5.33. The van der Waals surface area contributed by atoms with Crippen molar-refractivity contribution in [1.29, 1.82) is 0 Å². The number of amides is 2. The van der Waals surface area contributed by atoms with E-state index in [0.29, 0.717) is 5.91 Å². The van der Waals surface area contributed by atoms with Gasteiger partial charge in [0.15, 0.2) is 0 Å². The first-order valence-electron chi connectivity index (χ1n) is 9.17. The summed E-state index contributed by atoms with van der Waals surface area (Å²) in [6.07, 6.45) is 9.69. The van der Waals surface area contributed by atoms with Crippen molar-refractivity contribution in [3.8, 4) is 0 Å². The van der Waals surface area contributed by atoms with Crippen LogP contribution >= 0.6 is 0 Å². The van der Waals surface area contributed by atoms with Gasteiger partial charge in [-0.25, -0.2) is 0 Å². The van der Waals surface area contributed by atoms with Crippen molar-refractivity contribution in [2.45, 2.75) is 64.7 Å². The number of carbonyl (C=O) groups is 2. The van der Waals surface area contributed by atoms with Crippen molar-refractivity contribution >= 4 is 11.8 Å². The number of unbranched alkanes of at least 4 members (excludes halogenated alkanes) is 1. The van der Waals surface area contributed by atoms with Gasteiger partial charge in [0, 0.05) is 38.5 Å². The first kappa shape index (κ1) is 17.3. The smallest absolute Gasteiger partial charge is 0.225 e. The molecule has 0 spiro atoms. The molecular weight excluding hydrogens is 276 g/mol. The molecule has 4 nitrogen and oxygen atoms in total. The average Bonchev–Trinajstić information content (AvgIpc) is 2.59. The zero-order valence-corrected chi connectivity index (χ0v) is 14.4. The summed E-state index contributed by atoms with van der Waals surface area (Å²) in [6.45, 7) is 4.55. The van der Waals surface area contributed by atoms with Crippen molar-refractivity contribution in [1.82, 2.24) is 9.80 Å². The van der Waals surface area contributed by atoms with Gasteiger partial charge >= 0.3 is 0 Å². The highest BCUT2D eigenvalue weighted by Gasteiger charge is 2.32. The molecule has 1 saturated heterocycles. The molecule has 126 valence electrons. The minimum Gasteiger partial charge on any atom is -0.346 e. The molecule has 0 atom stereocenters. The van der Waals surface area contributed by atoms with E-state index in [0.717, 1.165) is 58.2 Å². The molecule has 0 aromatic heterocycles. The molecule has 2 fully saturated rings. The highest BCUT2D eigenvalue weighted by Crippen LogP contribution is 2.28. The molecular formula is C18H32N2O2. The van der Waals surface area contributed by atoms with Crippen molar-refractivity contribution < 1.29 is 9.59 Å². The standard InChI is InChI=1S/C18H32N2O2/c1-3-4-12-19(2)17(21)16-10-13-20(14-11-16)18(22)15-8-6-5-7-9-15/h15-16H,3-14H2,1-2H3. The van der Waals surface area contributed by atoms with Crippen molar-refractivity contribution in [3.63, 3.8) is 0 Å². The molecule has 0 bridgehead atoms. The molecule has 22 heavy (non-hydrogen) atoms. The lowest BCUT2D eigenvalue weighted by atomic mass is 9.87. The zero-order chi connectivity index (χ0) is 15.9. The minimum atomic E-state index is 0.122. The Hall–Kier alpha value is -1.06. The lowest BCUT2D eigenvalue weighted by Gasteiger charge is -2.35. The number of hydrogen-bond acceptors (Lipinski definition) is 2. The van der Waals surface area contributed by atoms with Gasteiger partial charge in [-0.3, -0.25) is 9.59 Å². The van der Waals surface area contributed by atoms with Crippen LogP contribution in [0.2, 0.25) is 0 Å². The van der Waals surface area contributed by atoms with Gasteiger partial charge in [0.05, 0.1) is 0 Å². The van der Waals surface area contributed by atoms with E-state index in [1.807, 2.05) is 16.8 Å². The molecule has 2 aliphatic rings. The van der Waals surface area contributed by atoms with Crippen LogP contribution in [-0.4, -0.2) is 48.3 Å². The van der Waals surface area contributed by atoms with Gasteiger partial charge in [-0.2, -0.15) is 0 Å². The summed E-state index contributed by atoms with van der Waals surface area (Å²) in [5.74, 6) is 1.01. The summed E-state index contributed by atoms with van der Waals surface area (Å²) in [7, 11) is 1.91.